The summed E-state index contributed by atoms with van der Waals surface area (Å²) in [6.45, 7) is 2.24. The van der Waals surface area contributed by atoms with E-state index in [1.807, 2.05) is 6.07 Å². The molecule has 0 amide bonds. The maximum absolute atomic E-state index is 11.1. The van der Waals surface area contributed by atoms with Crippen LogP contribution in [0.1, 0.15) is 12.8 Å². The number of hydrogen-bond acceptors (Lipinski definition) is 4. The standard InChI is InChI=1S/C12H18ClN3O2S/c1-19(17,18)15-7-10-3-2-6-16(9-10)12-4-5-14-8-11(12)13/h4-5,8,10,15H,2-3,6-7,9H2,1H3/t10-/m0/s1. The Morgan fingerprint density at radius 2 is 2.37 bits per heavy atom. The average Bonchev–Trinajstić information content (AvgIpc) is 2.36. The van der Waals surface area contributed by atoms with E-state index in [9.17, 15) is 8.42 Å². The molecular formula is C12H18ClN3O2S. The molecule has 0 aliphatic carbocycles. The van der Waals surface area contributed by atoms with Crippen molar-refractivity contribution in [1.82, 2.24) is 9.71 Å². The van der Waals surface area contributed by atoms with Crippen molar-refractivity contribution in [2.24, 2.45) is 5.92 Å². The number of nitrogens with zero attached hydrogens (tertiary/aromatic N) is 2. The Kier molecular flexibility index (Phi) is 4.65. The van der Waals surface area contributed by atoms with Gasteiger partial charge in [0.2, 0.25) is 10.0 Å². The predicted molar refractivity (Wildman–Crippen MR) is 77.0 cm³/mol. The van der Waals surface area contributed by atoms with Gasteiger partial charge >= 0.3 is 0 Å². The number of pyridine rings is 1. The smallest absolute Gasteiger partial charge is 0.208 e. The Balaban J connectivity index is 1.99. The van der Waals surface area contributed by atoms with Gasteiger partial charge in [-0.15, -0.1) is 0 Å². The van der Waals surface area contributed by atoms with Gasteiger partial charge in [0.05, 0.1) is 17.0 Å². The third-order valence-electron chi connectivity index (χ3n) is 3.24. The molecule has 1 aromatic rings. The summed E-state index contributed by atoms with van der Waals surface area (Å²) in [6, 6.07) is 1.90. The monoisotopic (exact) mass is 303 g/mol. The van der Waals surface area contributed by atoms with E-state index in [0.717, 1.165) is 31.6 Å². The number of halogens is 1. The third kappa shape index (κ3) is 4.33. The van der Waals surface area contributed by atoms with E-state index in [4.69, 9.17) is 11.6 Å². The van der Waals surface area contributed by atoms with Gasteiger partial charge in [-0.2, -0.15) is 0 Å². The first-order valence-electron chi connectivity index (χ1n) is 6.25. The molecule has 0 spiro atoms. The molecule has 0 unspecified atom stereocenters. The van der Waals surface area contributed by atoms with E-state index in [1.165, 1.54) is 6.26 Å². The van der Waals surface area contributed by atoms with Crippen molar-refractivity contribution in [2.75, 3.05) is 30.8 Å². The third-order valence-corrected chi connectivity index (χ3v) is 4.23. The first-order valence-corrected chi connectivity index (χ1v) is 8.52. The van der Waals surface area contributed by atoms with Gasteiger partial charge in [0, 0.05) is 32.0 Å². The highest BCUT2D eigenvalue weighted by atomic mass is 35.5. The molecule has 7 heteroatoms. The zero-order valence-electron chi connectivity index (χ0n) is 10.8. The Bertz CT molecular complexity index is 536. The summed E-state index contributed by atoms with van der Waals surface area (Å²) >= 11 is 6.14. The summed E-state index contributed by atoms with van der Waals surface area (Å²) in [5.41, 5.74) is 0.973. The number of piperidine rings is 1. The maximum atomic E-state index is 11.1. The molecule has 106 valence electrons. The number of aromatic nitrogens is 1. The lowest BCUT2D eigenvalue weighted by atomic mass is 9.98. The van der Waals surface area contributed by atoms with Crippen LogP contribution in [0.2, 0.25) is 5.02 Å². The molecule has 1 aromatic heterocycles. The van der Waals surface area contributed by atoms with E-state index in [1.54, 1.807) is 12.4 Å². The number of hydrogen-bond donors (Lipinski definition) is 1. The summed E-state index contributed by atoms with van der Waals surface area (Å²) in [4.78, 5) is 6.17. The van der Waals surface area contributed by atoms with E-state index in [-0.39, 0.29) is 0 Å². The van der Waals surface area contributed by atoms with Gasteiger partial charge in [-0.05, 0) is 24.8 Å². The van der Waals surface area contributed by atoms with Crippen LogP contribution in [-0.4, -0.2) is 39.3 Å². The summed E-state index contributed by atoms with van der Waals surface area (Å²) < 4.78 is 24.8. The van der Waals surface area contributed by atoms with Crippen LogP contribution in [0, 0.1) is 5.92 Å². The predicted octanol–water partition coefficient (Wildman–Crippen LogP) is 1.50. The van der Waals surface area contributed by atoms with Crippen molar-refractivity contribution >= 4 is 27.3 Å². The Morgan fingerprint density at radius 3 is 3.05 bits per heavy atom. The van der Waals surface area contributed by atoms with E-state index in [2.05, 4.69) is 14.6 Å². The van der Waals surface area contributed by atoms with Gasteiger partial charge in [0.15, 0.2) is 0 Å². The molecule has 0 saturated carbocycles. The molecule has 2 rings (SSSR count). The largest absolute Gasteiger partial charge is 0.370 e. The summed E-state index contributed by atoms with van der Waals surface area (Å²) in [5, 5.41) is 0.638. The molecule has 1 atom stereocenters. The SMILES string of the molecule is CS(=O)(=O)NC[C@@H]1CCCN(c2ccncc2Cl)C1. The van der Waals surface area contributed by atoms with Crippen LogP contribution in [0.15, 0.2) is 18.5 Å². The lowest BCUT2D eigenvalue weighted by Gasteiger charge is -2.34. The molecule has 0 bridgehead atoms. The fourth-order valence-corrected chi connectivity index (χ4v) is 3.12. The molecule has 1 fully saturated rings. The molecule has 1 saturated heterocycles. The molecule has 2 heterocycles. The normalized spacial score (nSPS) is 20.5. The van der Waals surface area contributed by atoms with Crippen LogP contribution in [0.4, 0.5) is 5.69 Å². The second kappa shape index (κ2) is 6.07. The molecule has 0 radical (unpaired) electrons. The van der Waals surface area contributed by atoms with E-state index >= 15 is 0 Å². The minimum absolute atomic E-state index is 0.313. The van der Waals surface area contributed by atoms with Gasteiger partial charge in [-0.1, -0.05) is 11.6 Å². The minimum atomic E-state index is -3.12. The Hall–Kier alpha value is -0.850. The quantitative estimate of drug-likeness (QED) is 0.915. The summed E-state index contributed by atoms with van der Waals surface area (Å²) in [5.74, 6) is 0.313. The van der Waals surface area contributed by atoms with E-state index in [0.29, 0.717) is 17.5 Å². The Morgan fingerprint density at radius 1 is 1.58 bits per heavy atom. The second-order valence-electron chi connectivity index (χ2n) is 4.90. The highest BCUT2D eigenvalue weighted by molar-refractivity contribution is 7.88. The number of rotatable bonds is 4. The average molecular weight is 304 g/mol. The van der Waals surface area contributed by atoms with Gasteiger partial charge in [-0.25, -0.2) is 13.1 Å². The highest BCUT2D eigenvalue weighted by Crippen LogP contribution is 2.28. The van der Waals surface area contributed by atoms with Crippen LogP contribution in [0.25, 0.3) is 0 Å². The van der Waals surface area contributed by atoms with Crippen LogP contribution in [0.3, 0.4) is 0 Å². The fraction of sp³-hybridized carbons (Fsp3) is 0.583. The van der Waals surface area contributed by atoms with Crippen molar-refractivity contribution in [1.29, 1.82) is 0 Å². The number of anilines is 1. The first kappa shape index (κ1) is 14.6. The highest BCUT2D eigenvalue weighted by Gasteiger charge is 2.22. The molecule has 0 aromatic carbocycles. The van der Waals surface area contributed by atoms with Crippen LogP contribution in [-0.2, 0) is 10.0 Å². The van der Waals surface area contributed by atoms with Gasteiger partial charge in [0.25, 0.3) is 0 Å². The number of nitrogens with one attached hydrogen (secondary N) is 1. The lowest BCUT2D eigenvalue weighted by molar-refractivity contribution is 0.411. The minimum Gasteiger partial charge on any atom is -0.370 e. The molecule has 19 heavy (non-hydrogen) atoms. The fourth-order valence-electron chi connectivity index (χ4n) is 2.34. The van der Waals surface area contributed by atoms with Gasteiger partial charge in [0.1, 0.15) is 0 Å². The molecule has 1 aliphatic heterocycles. The first-order chi connectivity index (χ1) is 8.96. The van der Waals surface area contributed by atoms with Crippen molar-refractivity contribution in [3.05, 3.63) is 23.5 Å². The molecule has 1 N–H and O–H groups in total. The summed E-state index contributed by atoms with van der Waals surface area (Å²) in [7, 11) is -3.12. The van der Waals surface area contributed by atoms with E-state index < -0.39 is 10.0 Å². The number of sulfonamides is 1. The van der Waals surface area contributed by atoms with Crippen molar-refractivity contribution in [3.8, 4) is 0 Å². The molecule has 5 nitrogen and oxygen atoms in total. The summed E-state index contributed by atoms with van der Waals surface area (Å²) in [6.07, 6.45) is 6.61. The van der Waals surface area contributed by atoms with Crippen molar-refractivity contribution in [3.63, 3.8) is 0 Å². The van der Waals surface area contributed by atoms with Gasteiger partial charge in [-0.3, -0.25) is 4.98 Å². The van der Waals surface area contributed by atoms with Crippen LogP contribution < -0.4 is 9.62 Å². The Labute approximate surface area is 119 Å². The van der Waals surface area contributed by atoms with Crippen LogP contribution >= 0.6 is 11.6 Å². The zero-order valence-corrected chi connectivity index (χ0v) is 12.4. The maximum Gasteiger partial charge on any atom is 0.208 e. The zero-order chi connectivity index (χ0) is 13.9. The molecule has 1 aliphatic rings. The van der Waals surface area contributed by atoms with Crippen LogP contribution in [0.5, 0.6) is 0 Å². The van der Waals surface area contributed by atoms with Gasteiger partial charge < -0.3 is 4.90 Å². The van der Waals surface area contributed by atoms with Crippen molar-refractivity contribution < 1.29 is 8.42 Å². The second-order valence-corrected chi connectivity index (χ2v) is 7.14. The lowest BCUT2D eigenvalue weighted by Crippen LogP contribution is -2.40. The topological polar surface area (TPSA) is 62.3 Å². The van der Waals surface area contributed by atoms with Crippen molar-refractivity contribution in [2.45, 2.75) is 12.8 Å². The molecular weight excluding hydrogens is 286 g/mol.